The molecule has 0 unspecified atom stereocenters. The van der Waals surface area contributed by atoms with Crippen molar-refractivity contribution >= 4 is 28.3 Å². The molecule has 2 saturated heterocycles. The fourth-order valence-electron chi connectivity index (χ4n) is 4.41. The van der Waals surface area contributed by atoms with Crippen LogP contribution in [0, 0.1) is 11.8 Å². The monoisotopic (exact) mass is 356 g/mol. The van der Waals surface area contributed by atoms with E-state index in [1.165, 1.54) is 15.7 Å². The Balaban J connectivity index is 1.38. The van der Waals surface area contributed by atoms with Crippen LogP contribution in [0.2, 0.25) is 0 Å². The fraction of sp³-hybridized carbons (Fsp3) is 0.450. The average Bonchev–Trinajstić information content (AvgIpc) is 2.75. The largest absolute Gasteiger partial charge is 0.363 e. The Kier molecular flexibility index (Phi) is 3.36. The molecule has 5 heteroatoms. The fourth-order valence-corrected chi connectivity index (χ4v) is 5.56. The maximum absolute atomic E-state index is 12.5. The molecular weight excluding hydrogens is 336 g/mol. The molecule has 130 valence electrons. The van der Waals surface area contributed by atoms with Crippen molar-refractivity contribution in [2.75, 3.05) is 5.75 Å². The van der Waals surface area contributed by atoms with Gasteiger partial charge in [0.15, 0.2) is 12.1 Å². The molecule has 0 spiro atoms. The lowest BCUT2D eigenvalue weighted by Gasteiger charge is -2.45. The van der Waals surface area contributed by atoms with Gasteiger partial charge in [0.1, 0.15) is 11.4 Å². The molecule has 2 heterocycles. The summed E-state index contributed by atoms with van der Waals surface area (Å²) in [4.78, 5) is 13.7. The van der Waals surface area contributed by atoms with Crippen LogP contribution in [0.5, 0.6) is 0 Å². The lowest BCUT2D eigenvalue weighted by Crippen LogP contribution is -2.59. The summed E-state index contributed by atoms with van der Waals surface area (Å²) in [5.74, 6) is -0.561. The zero-order chi connectivity index (χ0) is 17.2. The smallest absolute Gasteiger partial charge is 0.198 e. The predicted molar refractivity (Wildman–Crippen MR) is 95.2 cm³/mol. The van der Waals surface area contributed by atoms with Crippen molar-refractivity contribution in [3.63, 3.8) is 0 Å². The van der Waals surface area contributed by atoms with Gasteiger partial charge >= 0.3 is 0 Å². The van der Waals surface area contributed by atoms with Gasteiger partial charge in [0.2, 0.25) is 0 Å². The highest BCUT2D eigenvalue weighted by atomic mass is 32.2. The number of Topliss-reactive ketones (excluding diaryl/α,β-unsaturated/α-hetero) is 1. The lowest BCUT2D eigenvalue weighted by atomic mass is 9.70. The number of hydrogen-bond acceptors (Lipinski definition) is 5. The third kappa shape index (κ3) is 2.30. The molecule has 5 rings (SSSR count). The molecule has 2 aliphatic heterocycles. The van der Waals surface area contributed by atoms with Crippen molar-refractivity contribution in [3.05, 3.63) is 42.5 Å². The molecule has 25 heavy (non-hydrogen) atoms. The first-order valence-corrected chi connectivity index (χ1v) is 9.68. The Morgan fingerprint density at radius 2 is 2.00 bits per heavy atom. The summed E-state index contributed by atoms with van der Waals surface area (Å²) < 4.78 is 11.8. The molecule has 0 aromatic heterocycles. The number of carbonyl (C=O) groups is 1. The number of carbonyl (C=O) groups excluding carboxylic acids is 1. The summed E-state index contributed by atoms with van der Waals surface area (Å²) in [5, 5.41) is 13.1. The highest BCUT2D eigenvalue weighted by molar-refractivity contribution is 7.99. The van der Waals surface area contributed by atoms with E-state index < -0.39 is 17.7 Å². The molecule has 2 aromatic carbocycles. The number of fused-ring (bicyclic) bond motifs is 3. The van der Waals surface area contributed by atoms with Gasteiger partial charge in [-0.2, -0.15) is 0 Å². The number of aliphatic hydroxyl groups is 1. The molecule has 4 nitrogen and oxygen atoms in total. The second-order valence-electron chi connectivity index (χ2n) is 7.56. The molecule has 0 radical (unpaired) electrons. The third-order valence-corrected chi connectivity index (χ3v) is 7.10. The van der Waals surface area contributed by atoms with Gasteiger partial charge in [0.25, 0.3) is 0 Å². The third-order valence-electron chi connectivity index (χ3n) is 5.97. The van der Waals surface area contributed by atoms with Crippen LogP contribution in [0.25, 0.3) is 10.8 Å². The zero-order valence-corrected chi connectivity index (χ0v) is 14.8. The summed E-state index contributed by atoms with van der Waals surface area (Å²) in [6, 6.07) is 14.7. The number of ketones is 1. The molecule has 1 N–H and O–H groups in total. The Morgan fingerprint density at radius 1 is 1.20 bits per heavy atom. The molecule has 5 atom stereocenters. The van der Waals surface area contributed by atoms with Crippen molar-refractivity contribution in [2.45, 2.75) is 42.3 Å². The molecule has 3 fully saturated rings. The van der Waals surface area contributed by atoms with Gasteiger partial charge < -0.3 is 14.6 Å². The minimum atomic E-state index is -1.31. The first-order valence-electron chi connectivity index (χ1n) is 8.70. The van der Waals surface area contributed by atoms with Gasteiger partial charge in [0, 0.05) is 35.3 Å². The van der Waals surface area contributed by atoms with Crippen molar-refractivity contribution in [3.8, 4) is 0 Å². The molecule has 3 aliphatic rings. The standard InChI is InChI=1S/C20H20O4S/c1-19-10-17(21)15-9-20(19,22)24-18(23-19)16(15)11-25-14-7-6-12-4-2-3-5-13(12)8-14/h2-8,15-16,18,22H,9-11H2,1H3/t15-,16+,18+,19+,20-/m1/s1. The normalized spacial score (nSPS) is 39.3. The topological polar surface area (TPSA) is 55.8 Å². The second kappa shape index (κ2) is 5.30. The van der Waals surface area contributed by atoms with Crippen LogP contribution in [0.1, 0.15) is 19.8 Å². The van der Waals surface area contributed by atoms with Crippen LogP contribution in [0.3, 0.4) is 0 Å². The van der Waals surface area contributed by atoms with E-state index >= 15 is 0 Å². The minimum Gasteiger partial charge on any atom is -0.363 e. The van der Waals surface area contributed by atoms with E-state index in [0.29, 0.717) is 6.42 Å². The highest BCUT2D eigenvalue weighted by Gasteiger charge is 2.69. The number of hydrogen-bond donors (Lipinski definition) is 1. The first kappa shape index (κ1) is 15.8. The minimum absolute atomic E-state index is 0.0198. The molecule has 2 aromatic rings. The SMILES string of the molecule is C[C@]12CC(=O)[C@@H]3C[C@@]1(O)O[C@H](O2)[C@H]3CSc1ccc2ccccc2c1. The molecular formula is C20H20O4S. The van der Waals surface area contributed by atoms with Gasteiger partial charge in [0.05, 0.1) is 0 Å². The van der Waals surface area contributed by atoms with E-state index in [1.54, 1.807) is 18.7 Å². The maximum atomic E-state index is 12.5. The summed E-state index contributed by atoms with van der Waals surface area (Å²) in [5.41, 5.74) is -0.895. The Hall–Kier alpha value is -1.40. The van der Waals surface area contributed by atoms with Crippen LogP contribution < -0.4 is 0 Å². The van der Waals surface area contributed by atoms with Crippen molar-refractivity contribution in [1.29, 1.82) is 0 Å². The summed E-state index contributed by atoms with van der Waals surface area (Å²) in [7, 11) is 0. The lowest BCUT2D eigenvalue weighted by molar-refractivity contribution is -0.266. The molecule has 3 bridgehead atoms. The van der Waals surface area contributed by atoms with Gasteiger partial charge in [-0.25, -0.2) is 0 Å². The van der Waals surface area contributed by atoms with E-state index in [0.717, 1.165) is 5.75 Å². The quantitative estimate of drug-likeness (QED) is 0.855. The van der Waals surface area contributed by atoms with Crippen molar-refractivity contribution < 1.29 is 19.4 Å². The average molecular weight is 356 g/mol. The summed E-state index contributed by atoms with van der Waals surface area (Å²) >= 11 is 1.72. The number of benzene rings is 2. The van der Waals surface area contributed by atoms with E-state index in [-0.39, 0.29) is 24.0 Å². The molecule has 1 aliphatic carbocycles. The van der Waals surface area contributed by atoms with Gasteiger partial charge in [-0.1, -0.05) is 30.3 Å². The van der Waals surface area contributed by atoms with E-state index in [1.807, 2.05) is 12.1 Å². The van der Waals surface area contributed by atoms with Crippen LogP contribution in [0.4, 0.5) is 0 Å². The number of thioether (sulfide) groups is 1. The van der Waals surface area contributed by atoms with E-state index in [9.17, 15) is 9.90 Å². The predicted octanol–water partition coefficient (Wildman–Crippen LogP) is 3.36. The number of rotatable bonds is 3. The van der Waals surface area contributed by atoms with E-state index in [2.05, 4.69) is 30.3 Å². The van der Waals surface area contributed by atoms with Crippen molar-refractivity contribution in [2.24, 2.45) is 11.8 Å². The molecule has 1 saturated carbocycles. The van der Waals surface area contributed by atoms with Crippen molar-refractivity contribution in [1.82, 2.24) is 0 Å². The Bertz CT molecular complexity index is 868. The Morgan fingerprint density at radius 3 is 2.84 bits per heavy atom. The number of ether oxygens (including phenoxy) is 2. The van der Waals surface area contributed by atoms with Gasteiger partial charge in [-0.3, -0.25) is 4.79 Å². The van der Waals surface area contributed by atoms with Crippen LogP contribution in [0.15, 0.2) is 47.4 Å². The highest BCUT2D eigenvalue weighted by Crippen LogP contribution is 2.56. The van der Waals surface area contributed by atoms with Crippen LogP contribution in [-0.4, -0.2) is 34.3 Å². The zero-order valence-electron chi connectivity index (χ0n) is 14.0. The first-order chi connectivity index (χ1) is 12.0. The van der Waals surface area contributed by atoms with Gasteiger partial charge in [-0.15, -0.1) is 11.8 Å². The molecule has 0 amide bonds. The van der Waals surface area contributed by atoms with Gasteiger partial charge in [-0.05, 0) is 29.8 Å². The maximum Gasteiger partial charge on any atom is 0.198 e. The summed E-state index contributed by atoms with van der Waals surface area (Å²) in [6.45, 7) is 1.79. The second-order valence-corrected chi connectivity index (χ2v) is 8.65. The Labute approximate surface area is 150 Å². The van der Waals surface area contributed by atoms with Crippen LogP contribution in [-0.2, 0) is 14.3 Å². The summed E-state index contributed by atoms with van der Waals surface area (Å²) in [6.07, 6.45) is 0.0944. The van der Waals surface area contributed by atoms with Crippen LogP contribution >= 0.6 is 11.8 Å². The van der Waals surface area contributed by atoms with E-state index in [4.69, 9.17) is 9.47 Å².